The summed E-state index contributed by atoms with van der Waals surface area (Å²) in [5.41, 5.74) is 3.23. The van der Waals surface area contributed by atoms with E-state index in [2.05, 4.69) is 16.7 Å². The Labute approximate surface area is 174 Å². The molecule has 0 fully saturated rings. The zero-order valence-electron chi connectivity index (χ0n) is 16.6. The minimum absolute atomic E-state index is 0.112. The summed E-state index contributed by atoms with van der Waals surface area (Å²) in [5, 5.41) is 9.31. The number of carbonyl (C=O) groups is 1. The van der Waals surface area contributed by atoms with Gasteiger partial charge < -0.3 is 19.1 Å². The molecule has 0 saturated heterocycles. The summed E-state index contributed by atoms with van der Waals surface area (Å²) in [6.45, 7) is 3.11. The molecule has 1 aromatic heterocycles. The first-order valence-corrected chi connectivity index (χ1v) is 9.76. The van der Waals surface area contributed by atoms with E-state index >= 15 is 0 Å². The average molecular weight is 402 g/mol. The van der Waals surface area contributed by atoms with Crippen molar-refractivity contribution in [2.75, 3.05) is 6.61 Å². The molecule has 0 unspecified atom stereocenters. The number of aromatic nitrogens is 2. The largest absolute Gasteiger partial charge is 0.493 e. The van der Waals surface area contributed by atoms with Crippen LogP contribution in [-0.2, 0) is 13.2 Å². The van der Waals surface area contributed by atoms with Crippen LogP contribution >= 0.6 is 0 Å². The second-order valence-corrected chi connectivity index (χ2v) is 6.77. The van der Waals surface area contributed by atoms with Gasteiger partial charge in [0, 0.05) is 12.6 Å². The Morgan fingerprint density at radius 1 is 1.00 bits per heavy atom. The lowest BCUT2D eigenvalue weighted by Crippen LogP contribution is -2.09. The van der Waals surface area contributed by atoms with Crippen LogP contribution in [0.3, 0.4) is 0 Å². The fraction of sp³-hybridized carbons (Fsp3) is 0.167. The molecule has 0 amide bonds. The van der Waals surface area contributed by atoms with Crippen molar-refractivity contribution in [3.8, 4) is 11.5 Å². The second-order valence-electron chi connectivity index (χ2n) is 6.77. The Morgan fingerprint density at radius 3 is 2.53 bits per heavy atom. The molecule has 152 valence electrons. The number of para-hydroxylation sites is 2. The summed E-state index contributed by atoms with van der Waals surface area (Å²) in [6.07, 6.45) is 0. The van der Waals surface area contributed by atoms with Gasteiger partial charge in [-0.25, -0.2) is 9.78 Å². The maximum absolute atomic E-state index is 11.4. The van der Waals surface area contributed by atoms with Gasteiger partial charge >= 0.3 is 5.97 Å². The highest BCUT2D eigenvalue weighted by Gasteiger charge is 2.15. The SMILES string of the molecule is CCOc1cc(OCc2nc3ccccc3n2Cc2ccccc2)ccc1C(=O)O. The summed E-state index contributed by atoms with van der Waals surface area (Å²) in [5.74, 6) is 0.581. The van der Waals surface area contributed by atoms with Gasteiger partial charge in [-0.15, -0.1) is 0 Å². The third kappa shape index (κ3) is 4.12. The third-order valence-corrected chi connectivity index (χ3v) is 4.77. The normalized spacial score (nSPS) is 10.8. The van der Waals surface area contributed by atoms with Gasteiger partial charge in [0.15, 0.2) is 0 Å². The van der Waals surface area contributed by atoms with Crippen molar-refractivity contribution in [2.24, 2.45) is 0 Å². The van der Waals surface area contributed by atoms with Crippen molar-refractivity contribution in [1.82, 2.24) is 9.55 Å². The van der Waals surface area contributed by atoms with Crippen LogP contribution in [0.4, 0.5) is 0 Å². The van der Waals surface area contributed by atoms with Crippen LogP contribution < -0.4 is 9.47 Å². The van der Waals surface area contributed by atoms with Crippen molar-refractivity contribution in [3.05, 3.63) is 89.7 Å². The van der Waals surface area contributed by atoms with E-state index in [-0.39, 0.29) is 12.2 Å². The molecule has 0 radical (unpaired) electrons. The third-order valence-electron chi connectivity index (χ3n) is 4.77. The van der Waals surface area contributed by atoms with Crippen LogP contribution in [0.25, 0.3) is 11.0 Å². The Kier molecular flexibility index (Phi) is 5.66. The molecule has 0 aliphatic carbocycles. The number of carboxylic acids is 1. The van der Waals surface area contributed by atoms with Gasteiger partial charge in [-0.05, 0) is 36.8 Å². The van der Waals surface area contributed by atoms with Gasteiger partial charge in [-0.1, -0.05) is 42.5 Å². The molecule has 0 aliphatic heterocycles. The predicted octanol–water partition coefficient (Wildman–Crippen LogP) is 4.76. The van der Waals surface area contributed by atoms with E-state index in [1.165, 1.54) is 11.6 Å². The highest BCUT2D eigenvalue weighted by molar-refractivity contribution is 5.91. The second kappa shape index (κ2) is 8.69. The fourth-order valence-corrected chi connectivity index (χ4v) is 3.37. The molecule has 0 atom stereocenters. The molecule has 4 rings (SSSR count). The molecule has 6 nitrogen and oxygen atoms in total. The summed E-state index contributed by atoms with van der Waals surface area (Å²) in [6, 6.07) is 22.9. The molecule has 0 bridgehead atoms. The molecule has 3 aromatic carbocycles. The number of carboxylic acid groups (broad SMARTS) is 1. The number of benzene rings is 3. The Balaban J connectivity index is 1.62. The molecular weight excluding hydrogens is 380 g/mol. The molecule has 4 aromatic rings. The van der Waals surface area contributed by atoms with E-state index in [1.54, 1.807) is 12.1 Å². The van der Waals surface area contributed by atoms with Gasteiger partial charge in [-0.3, -0.25) is 0 Å². The van der Waals surface area contributed by atoms with Crippen molar-refractivity contribution in [2.45, 2.75) is 20.1 Å². The Hall–Kier alpha value is -3.80. The first-order valence-electron chi connectivity index (χ1n) is 9.76. The number of hydrogen-bond acceptors (Lipinski definition) is 4. The summed E-state index contributed by atoms with van der Waals surface area (Å²) >= 11 is 0. The van der Waals surface area contributed by atoms with Crippen molar-refractivity contribution in [1.29, 1.82) is 0 Å². The maximum Gasteiger partial charge on any atom is 0.339 e. The minimum Gasteiger partial charge on any atom is -0.493 e. The van der Waals surface area contributed by atoms with Crippen LogP contribution in [0, 0.1) is 0 Å². The summed E-state index contributed by atoms with van der Waals surface area (Å²) in [4.78, 5) is 16.1. The summed E-state index contributed by atoms with van der Waals surface area (Å²) in [7, 11) is 0. The number of imidazole rings is 1. The number of aromatic carboxylic acids is 1. The first kappa shape index (κ1) is 19.5. The predicted molar refractivity (Wildman–Crippen MR) is 114 cm³/mol. The number of fused-ring (bicyclic) bond motifs is 1. The first-order chi connectivity index (χ1) is 14.7. The highest BCUT2D eigenvalue weighted by atomic mass is 16.5. The van der Waals surface area contributed by atoms with Crippen LogP contribution in [-0.4, -0.2) is 27.2 Å². The molecule has 0 spiro atoms. The lowest BCUT2D eigenvalue weighted by atomic mass is 10.2. The number of nitrogens with zero attached hydrogens (tertiary/aromatic N) is 2. The van der Waals surface area contributed by atoms with E-state index in [1.807, 2.05) is 49.4 Å². The van der Waals surface area contributed by atoms with Gasteiger partial charge in [0.05, 0.1) is 17.6 Å². The quantitative estimate of drug-likeness (QED) is 0.460. The zero-order valence-corrected chi connectivity index (χ0v) is 16.6. The number of ether oxygens (including phenoxy) is 2. The Morgan fingerprint density at radius 2 is 1.77 bits per heavy atom. The van der Waals surface area contributed by atoms with Crippen LogP contribution in [0.15, 0.2) is 72.8 Å². The monoisotopic (exact) mass is 402 g/mol. The van der Waals surface area contributed by atoms with E-state index < -0.39 is 5.97 Å². The van der Waals surface area contributed by atoms with Crippen LogP contribution in [0.5, 0.6) is 11.5 Å². The standard InChI is InChI=1S/C24H22N2O4/c1-2-29-22-14-18(12-13-19(22)24(27)28)30-16-23-25-20-10-6-7-11-21(20)26(23)15-17-8-4-3-5-9-17/h3-14H,2,15-16H2,1H3,(H,27,28). The molecule has 30 heavy (non-hydrogen) atoms. The van der Waals surface area contributed by atoms with Gasteiger partial charge in [0.1, 0.15) is 29.5 Å². The van der Waals surface area contributed by atoms with Crippen LogP contribution in [0.1, 0.15) is 28.7 Å². The van der Waals surface area contributed by atoms with E-state index in [4.69, 9.17) is 14.5 Å². The molecule has 1 N–H and O–H groups in total. The highest BCUT2D eigenvalue weighted by Crippen LogP contribution is 2.26. The maximum atomic E-state index is 11.4. The fourth-order valence-electron chi connectivity index (χ4n) is 3.37. The van der Waals surface area contributed by atoms with Crippen molar-refractivity contribution in [3.63, 3.8) is 0 Å². The molecule has 1 heterocycles. The minimum atomic E-state index is -1.03. The summed E-state index contributed by atoms with van der Waals surface area (Å²) < 4.78 is 13.6. The van der Waals surface area contributed by atoms with Crippen molar-refractivity contribution >= 4 is 17.0 Å². The van der Waals surface area contributed by atoms with Gasteiger partial charge in [0.25, 0.3) is 0 Å². The molecule has 0 aliphatic rings. The van der Waals surface area contributed by atoms with E-state index in [0.717, 1.165) is 16.9 Å². The average Bonchev–Trinajstić information content (AvgIpc) is 3.10. The van der Waals surface area contributed by atoms with Gasteiger partial charge in [0.2, 0.25) is 0 Å². The molecule has 6 heteroatoms. The number of hydrogen-bond donors (Lipinski definition) is 1. The molecule has 0 saturated carbocycles. The van der Waals surface area contributed by atoms with Gasteiger partial charge in [-0.2, -0.15) is 0 Å². The van der Waals surface area contributed by atoms with Crippen molar-refractivity contribution < 1.29 is 19.4 Å². The lowest BCUT2D eigenvalue weighted by molar-refractivity contribution is 0.0692. The van der Waals surface area contributed by atoms with Crippen LogP contribution in [0.2, 0.25) is 0 Å². The Bertz CT molecular complexity index is 1170. The van der Waals surface area contributed by atoms with E-state index in [9.17, 15) is 9.90 Å². The smallest absolute Gasteiger partial charge is 0.339 e. The lowest BCUT2D eigenvalue weighted by Gasteiger charge is -2.12. The topological polar surface area (TPSA) is 73.6 Å². The van der Waals surface area contributed by atoms with E-state index in [0.29, 0.717) is 24.7 Å². The molecular formula is C24H22N2O4. The zero-order chi connectivity index (χ0) is 20.9. The number of rotatable bonds is 8.